The molecule has 6 heteroatoms. The summed E-state index contributed by atoms with van der Waals surface area (Å²) >= 11 is 0. The Morgan fingerprint density at radius 3 is 2.67 bits per heavy atom. The first-order valence-corrected chi connectivity index (χ1v) is 9.08. The van der Waals surface area contributed by atoms with Crippen molar-refractivity contribution in [3.05, 3.63) is 60.3 Å². The average Bonchev–Trinajstić information content (AvgIpc) is 3.31. The predicted molar refractivity (Wildman–Crippen MR) is 105 cm³/mol. The molecule has 2 heterocycles. The number of anilines is 2. The zero-order valence-corrected chi connectivity index (χ0v) is 14.8. The van der Waals surface area contributed by atoms with E-state index < -0.39 is 0 Å². The number of carbonyl (C=O) groups is 2. The highest BCUT2D eigenvalue weighted by atomic mass is 16.5. The van der Waals surface area contributed by atoms with Gasteiger partial charge in [0.1, 0.15) is 5.69 Å². The van der Waals surface area contributed by atoms with Crippen LogP contribution in [0, 0.1) is 0 Å². The van der Waals surface area contributed by atoms with Crippen molar-refractivity contribution in [3.8, 4) is 0 Å². The Balaban J connectivity index is 1.44. The number of ether oxygens (including phenoxy) is 1. The number of fused-ring (bicyclic) bond motifs is 1. The summed E-state index contributed by atoms with van der Waals surface area (Å²) in [6.07, 6.45) is 2.34. The molecular weight excluding hydrogens is 342 g/mol. The van der Waals surface area contributed by atoms with Crippen molar-refractivity contribution in [3.63, 3.8) is 0 Å². The smallest absolute Gasteiger partial charge is 0.272 e. The van der Waals surface area contributed by atoms with E-state index in [1.54, 1.807) is 6.07 Å². The molecule has 138 valence electrons. The van der Waals surface area contributed by atoms with E-state index in [1.807, 2.05) is 48.5 Å². The van der Waals surface area contributed by atoms with Crippen molar-refractivity contribution < 1.29 is 14.3 Å². The summed E-state index contributed by atoms with van der Waals surface area (Å²) in [4.78, 5) is 27.7. The monoisotopic (exact) mass is 363 g/mol. The standard InChI is InChI=1S/C21H21N3O3/c25-20(13-17-7-4-10-27-17)22-16-8-9-18-14(11-16)12-19(24-18)21(26)23-15-5-2-1-3-6-15/h1-3,5-6,8-9,11-12,17,24H,4,7,10,13H2,(H,22,25)(H,23,26). The Kier molecular flexibility index (Phi) is 4.89. The first-order valence-electron chi connectivity index (χ1n) is 9.08. The van der Waals surface area contributed by atoms with Crippen LogP contribution in [-0.2, 0) is 9.53 Å². The van der Waals surface area contributed by atoms with E-state index in [1.165, 1.54) is 0 Å². The van der Waals surface area contributed by atoms with Crippen LogP contribution in [0.15, 0.2) is 54.6 Å². The molecule has 1 unspecified atom stereocenters. The minimum atomic E-state index is -0.207. The second-order valence-corrected chi connectivity index (χ2v) is 6.69. The van der Waals surface area contributed by atoms with Gasteiger partial charge in [0, 0.05) is 28.9 Å². The van der Waals surface area contributed by atoms with Crippen LogP contribution < -0.4 is 10.6 Å². The first-order chi connectivity index (χ1) is 13.2. The lowest BCUT2D eigenvalue weighted by Gasteiger charge is -2.09. The van der Waals surface area contributed by atoms with Crippen LogP contribution in [0.1, 0.15) is 29.8 Å². The lowest BCUT2D eigenvalue weighted by Crippen LogP contribution is -2.19. The fraction of sp³-hybridized carbons (Fsp3) is 0.238. The summed E-state index contributed by atoms with van der Waals surface area (Å²) < 4.78 is 5.50. The molecule has 0 saturated carbocycles. The molecule has 0 spiro atoms. The number of nitrogens with one attached hydrogen (secondary N) is 3. The maximum atomic E-state index is 12.4. The third-order valence-electron chi connectivity index (χ3n) is 4.62. The molecule has 1 aliphatic heterocycles. The van der Waals surface area contributed by atoms with Crippen LogP contribution in [-0.4, -0.2) is 29.5 Å². The number of benzene rings is 2. The number of hydrogen-bond donors (Lipinski definition) is 3. The molecule has 1 saturated heterocycles. The molecule has 4 rings (SSSR count). The molecule has 3 aromatic rings. The Labute approximate surface area is 156 Å². The van der Waals surface area contributed by atoms with Gasteiger partial charge in [0.2, 0.25) is 5.91 Å². The Morgan fingerprint density at radius 1 is 1.04 bits per heavy atom. The van der Waals surface area contributed by atoms with Gasteiger partial charge in [0.25, 0.3) is 5.91 Å². The molecule has 1 aromatic heterocycles. The SMILES string of the molecule is O=C(CC1CCCO1)Nc1ccc2[nH]c(C(=O)Nc3ccccc3)cc2c1. The number of hydrogen-bond acceptors (Lipinski definition) is 3. The average molecular weight is 363 g/mol. The van der Waals surface area contributed by atoms with E-state index in [9.17, 15) is 9.59 Å². The molecule has 2 amide bonds. The fourth-order valence-electron chi connectivity index (χ4n) is 3.28. The molecule has 27 heavy (non-hydrogen) atoms. The normalized spacial score (nSPS) is 16.4. The maximum absolute atomic E-state index is 12.4. The highest BCUT2D eigenvalue weighted by Gasteiger charge is 2.19. The largest absolute Gasteiger partial charge is 0.378 e. The number of amides is 2. The van der Waals surface area contributed by atoms with Gasteiger partial charge in [-0.3, -0.25) is 9.59 Å². The van der Waals surface area contributed by atoms with Gasteiger partial charge in [-0.15, -0.1) is 0 Å². The molecular formula is C21H21N3O3. The Bertz CT molecular complexity index is 959. The third-order valence-corrected chi connectivity index (χ3v) is 4.62. The van der Waals surface area contributed by atoms with Crippen LogP contribution in [0.2, 0.25) is 0 Å². The first kappa shape index (κ1) is 17.3. The summed E-state index contributed by atoms with van der Waals surface area (Å²) in [5, 5.41) is 6.62. The zero-order valence-electron chi connectivity index (χ0n) is 14.8. The maximum Gasteiger partial charge on any atom is 0.272 e. The predicted octanol–water partition coefficient (Wildman–Crippen LogP) is 3.93. The summed E-state index contributed by atoms with van der Waals surface area (Å²) in [7, 11) is 0. The van der Waals surface area contributed by atoms with E-state index >= 15 is 0 Å². The topological polar surface area (TPSA) is 83.2 Å². The fourth-order valence-corrected chi connectivity index (χ4v) is 3.28. The van der Waals surface area contributed by atoms with Crippen molar-refractivity contribution in [1.29, 1.82) is 0 Å². The molecule has 0 bridgehead atoms. The van der Waals surface area contributed by atoms with Crippen LogP contribution in [0.25, 0.3) is 10.9 Å². The number of H-pyrrole nitrogens is 1. The summed E-state index contributed by atoms with van der Waals surface area (Å²) in [6, 6.07) is 16.6. The van der Waals surface area contributed by atoms with Gasteiger partial charge in [-0.25, -0.2) is 0 Å². The molecule has 1 fully saturated rings. The molecule has 1 atom stereocenters. The minimum absolute atomic E-state index is 0.0225. The molecule has 0 aliphatic carbocycles. The quantitative estimate of drug-likeness (QED) is 0.642. The Morgan fingerprint density at radius 2 is 1.89 bits per heavy atom. The van der Waals surface area contributed by atoms with E-state index in [4.69, 9.17) is 4.74 Å². The van der Waals surface area contributed by atoms with E-state index in [0.29, 0.717) is 17.8 Å². The highest BCUT2D eigenvalue weighted by Crippen LogP contribution is 2.22. The number of carbonyl (C=O) groups excluding carboxylic acids is 2. The van der Waals surface area contributed by atoms with Crippen LogP contribution in [0.4, 0.5) is 11.4 Å². The Hall–Kier alpha value is -3.12. The van der Waals surface area contributed by atoms with Crippen LogP contribution in [0.5, 0.6) is 0 Å². The van der Waals surface area contributed by atoms with Gasteiger partial charge in [-0.1, -0.05) is 18.2 Å². The number of rotatable bonds is 5. The second kappa shape index (κ2) is 7.63. The minimum Gasteiger partial charge on any atom is -0.378 e. The van der Waals surface area contributed by atoms with Gasteiger partial charge in [-0.2, -0.15) is 0 Å². The number of para-hydroxylation sites is 1. The van der Waals surface area contributed by atoms with Crippen molar-refractivity contribution in [2.45, 2.75) is 25.4 Å². The van der Waals surface area contributed by atoms with Crippen molar-refractivity contribution in [2.24, 2.45) is 0 Å². The third kappa shape index (κ3) is 4.17. The lowest BCUT2D eigenvalue weighted by molar-refractivity contribution is -0.118. The highest BCUT2D eigenvalue weighted by molar-refractivity contribution is 6.06. The lowest BCUT2D eigenvalue weighted by atomic mass is 10.1. The van der Waals surface area contributed by atoms with E-state index in [0.717, 1.165) is 36.0 Å². The molecule has 1 aliphatic rings. The summed E-state index contributed by atoms with van der Waals surface area (Å²) in [5.74, 6) is -0.264. The van der Waals surface area contributed by atoms with Gasteiger partial charge >= 0.3 is 0 Å². The number of aromatic amines is 1. The summed E-state index contributed by atoms with van der Waals surface area (Å²) in [6.45, 7) is 0.737. The van der Waals surface area contributed by atoms with E-state index in [-0.39, 0.29) is 17.9 Å². The summed E-state index contributed by atoms with van der Waals surface area (Å²) in [5.41, 5.74) is 2.75. The van der Waals surface area contributed by atoms with Crippen LogP contribution >= 0.6 is 0 Å². The molecule has 0 radical (unpaired) electrons. The van der Waals surface area contributed by atoms with Crippen molar-refractivity contribution in [1.82, 2.24) is 4.98 Å². The van der Waals surface area contributed by atoms with Crippen molar-refractivity contribution >= 4 is 34.1 Å². The van der Waals surface area contributed by atoms with E-state index in [2.05, 4.69) is 15.6 Å². The van der Waals surface area contributed by atoms with Gasteiger partial charge in [0.05, 0.1) is 12.5 Å². The van der Waals surface area contributed by atoms with Crippen molar-refractivity contribution in [2.75, 3.05) is 17.2 Å². The van der Waals surface area contributed by atoms with Gasteiger partial charge in [-0.05, 0) is 49.2 Å². The van der Waals surface area contributed by atoms with Crippen LogP contribution in [0.3, 0.4) is 0 Å². The molecule has 2 aromatic carbocycles. The zero-order chi connectivity index (χ0) is 18.6. The molecule has 6 nitrogen and oxygen atoms in total. The van der Waals surface area contributed by atoms with Gasteiger partial charge in [0.15, 0.2) is 0 Å². The molecule has 3 N–H and O–H groups in total. The number of aromatic nitrogens is 1. The van der Waals surface area contributed by atoms with Gasteiger partial charge < -0.3 is 20.4 Å². The second-order valence-electron chi connectivity index (χ2n) is 6.69.